The molecule has 0 aliphatic carbocycles. The van der Waals surface area contributed by atoms with Gasteiger partial charge in [-0.1, -0.05) is 18.6 Å². The smallest absolute Gasteiger partial charge is 0.255 e. The van der Waals surface area contributed by atoms with Gasteiger partial charge in [-0.3, -0.25) is 9.59 Å². The van der Waals surface area contributed by atoms with Crippen LogP contribution in [0.25, 0.3) is 0 Å². The maximum Gasteiger partial charge on any atom is 0.255 e. The molecule has 0 spiro atoms. The third-order valence-corrected chi connectivity index (χ3v) is 7.34. The van der Waals surface area contributed by atoms with Gasteiger partial charge in [0, 0.05) is 23.7 Å². The van der Waals surface area contributed by atoms with Crippen LogP contribution >= 0.6 is 0 Å². The average molecular weight is 431 g/mol. The number of carbonyl (C=O) groups excluding carboxylic acids is 2. The highest BCUT2D eigenvalue weighted by molar-refractivity contribution is 7.89. The summed E-state index contributed by atoms with van der Waals surface area (Å²) in [5, 5.41) is 2.70. The molecule has 1 heterocycles. The monoisotopic (exact) mass is 430 g/mol. The van der Waals surface area contributed by atoms with E-state index in [1.807, 2.05) is 6.92 Å². The summed E-state index contributed by atoms with van der Waals surface area (Å²) in [5.41, 5.74) is 0.923. The van der Waals surface area contributed by atoms with Crippen LogP contribution in [0.15, 0.2) is 47.4 Å². The first-order valence-electron chi connectivity index (χ1n) is 9.87. The lowest BCUT2D eigenvalue weighted by atomic mass is 10.1. The summed E-state index contributed by atoms with van der Waals surface area (Å²) in [6.07, 6.45) is 2.58. The molecule has 2 aromatic rings. The second-order valence-electron chi connectivity index (χ2n) is 7.38. The van der Waals surface area contributed by atoms with Crippen molar-refractivity contribution in [2.75, 3.05) is 19.0 Å². The van der Waals surface area contributed by atoms with E-state index in [2.05, 4.69) is 5.32 Å². The van der Waals surface area contributed by atoms with Crippen LogP contribution in [-0.2, 0) is 10.0 Å². The maximum atomic E-state index is 13.3. The van der Waals surface area contributed by atoms with Crippen molar-refractivity contribution in [1.82, 2.24) is 4.31 Å². The molecule has 8 heteroatoms. The number of benzene rings is 2. The molecule has 30 heavy (non-hydrogen) atoms. The number of piperidine rings is 1. The summed E-state index contributed by atoms with van der Waals surface area (Å²) in [6.45, 7) is 3.75. The van der Waals surface area contributed by atoms with Crippen molar-refractivity contribution < 1.29 is 22.7 Å². The number of hydrogen-bond donors (Lipinski definition) is 1. The standard InChI is InChI=1S/C22H26N2O5S/c1-15-8-6-7-13-24(15)30(27,28)21-14-17(11-12-20(21)29-3)22(26)23-19-10-5-4-9-18(19)16(2)25/h4-5,9-12,14-15H,6-8,13H2,1-3H3,(H,23,26)/t15-/m1/s1. The van der Waals surface area contributed by atoms with E-state index in [0.29, 0.717) is 17.8 Å². The Morgan fingerprint density at radius 2 is 1.87 bits per heavy atom. The minimum Gasteiger partial charge on any atom is -0.495 e. The van der Waals surface area contributed by atoms with Crippen molar-refractivity contribution in [3.05, 3.63) is 53.6 Å². The Kier molecular flexibility index (Phi) is 6.58. The van der Waals surface area contributed by atoms with Crippen LogP contribution in [0.3, 0.4) is 0 Å². The van der Waals surface area contributed by atoms with Gasteiger partial charge in [-0.25, -0.2) is 8.42 Å². The molecule has 1 saturated heterocycles. The molecule has 0 radical (unpaired) electrons. The van der Waals surface area contributed by atoms with E-state index in [9.17, 15) is 18.0 Å². The fraction of sp³-hybridized carbons (Fsp3) is 0.364. The zero-order chi connectivity index (χ0) is 21.9. The van der Waals surface area contributed by atoms with E-state index >= 15 is 0 Å². The Morgan fingerprint density at radius 3 is 2.53 bits per heavy atom. The maximum absolute atomic E-state index is 13.3. The predicted molar refractivity (Wildman–Crippen MR) is 115 cm³/mol. The molecule has 3 rings (SSSR count). The number of nitrogens with one attached hydrogen (secondary N) is 1. The topological polar surface area (TPSA) is 92.8 Å². The van der Waals surface area contributed by atoms with Gasteiger partial charge in [0.05, 0.1) is 12.8 Å². The van der Waals surface area contributed by atoms with Gasteiger partial charge in [0.2, 0.25) is 10.0 Å². The van der Waals surface area contributed by atoms with E-state index in [1.54, 1.807) is 24.3 Å². The number of Topliss-reactive ketones (excluding diaryl/α,β-unsaturated/α-hetero) is 1. The van der Waals surface area contributed by atoms with Crippen molar-refractivity contribution in [2.45, 2.75) is 44.0 Å². The minimum atomic E-state index is -3.83. The van der Waals surface area contributed by atoms with Crippen LogP contribution in [0.4, 0.5) is 5.69 Å². The van der Waals surface area contributed by atoms with E-state index < -0.39 is 15.9 Å². The lowest BCUT2D eigenvalue weighted by Crippen LogP contribution is -2.42. The molecule has 0 aromatic heterocycles. The van der Waals surface area contributed by atoms with Crippen LogP contribution < -0.4 is 10.1 Å². The number of sulfonamides is 1. The number of ketones is 1. The number of para-hydroxylation sites is 1. The van der Waals surface area contributed by atoms with Crippen molar-refractivity contribution in [1.29, 1.82) is 0 Å². The highest BCUT2D eigenvalue weighted by atomic mass is 32.2. The van der Waals surface area contributed by atoms with Gasteiger partial charge >= 0.3 is 0 Å². The van der Waals surface area contributed by atoms with Crippen molar-refractivity contribution in [2.24, 2.45) is 0 Å². The third kappa shape index (κ3) is 4.39. The van der Waals surface area contributed by atoms with Gasteiger partial charge in [0.25, 0.3) is 5.91 Å². The summed E-state index contributed by atoms with van der Waals surface area (Å²) in [5.74, 6) is -0.495. The summed E-state index contributed by atoms with van der Waals surface area (Å²) >= 11 is 0. The van der Waals surface area contributed by atoms with Gasteiger partial charge in [0.1, 0.15) is 10.6 Å². The van der Waals surface area contributed by atoms with E-state index in [0.717, 1.165) is 19.3 Å². The lowest BCUT2D eigenvalue weighted by molar-refractivity contribution is 0.101. The molecule has 1 aliphatic heterocycles. The molecule has 0 saturated carbocycles. The molecule has 2 aromatic carbocycles. The molecule has 1 aliphatic rings. The molecule has 1 N–H and O–H groups in total. The quantitative estimate of drug-likeness (QED) is 0.705. The van der Waals surface area contributed by atoms with Gasteiger partial charge in [-0.2, -0.15) is 4.31 Å². The number of carbonyl (C=O) groups is 2. The Hall–Kier alpha value is -2.71. The van der Waals surface area contributed by atoms with Crippen molar-refractivity contribution in [3.8, 4) is 5.75 Å². The highest BCUT2D eigenvalue weighted by Gasteiger charge is 2.33. The van der Waals surface area contributed by atoms with Crippen molar-refractivity contribution in [3.63, 3.8) is 0 Å². The number of rotatable bonds is 6. The molecule has 7 nitrogen and oxygen atoms in total. The second kappa shape index (κ2) is 8.97. The van der Waals surface area contributed by atoms with Crippen LogP contribution in [0.2, 0.25) is 0 Å². The van der Waals surface area contributed by atoms with Gasteiger partial charge in [-0.15, -0.1) is 0 Å². The largest absolute Gasteiger partial charge is 0.495 e. The number of nitrogens with zero attached hydrogens (tertiary/aromatic N) is 1. The predicted octanol–water partition coefficient (Wildman–Crippen LogP) is 3.71. The van der Waals surface area contributed by atoms with Gasteiger partial charge in [-0.05, 0) is 57.0 Å². The van der Waals surface area contributed by atoms with E-state index in [4.69, 9.17) is 4.74 Å². The molecule has 0 unspecified atom stereocenters. The zero-order valence-electron chi connectivity index (χ0n) is 17.3. The lowest BCUT2D eigenvalue weighted by Gasteiger charge is -2.32. The molecule has 1 atom stereocenters. The first-order chi connectivity index (χ1) is 14.3. The van der Waals surface area contributed by atoms with E-state index in [1.165, 1.54) is 36.5 Å². The number of anilines is 1. The van der Waals surface area contributed by atoms with E-state index in [-0.39, 0.29) is 28.0 Å². The van der Waals surface area contributed by atoms with Crippen LogP contribution in [-0.4, -0.2) is 44.1 Å². The van der Waals surface area contributed by atoms with Crippen LogP contribution in [0, 0.1) is 0 Å². The molecular weight excluding hydrogens is 404 g/mol. The van der Waals surface area contributed by atoms with Crippen LogP contribution in [0.1, 0.15) is 53.8 Å². The number of hydrogen-bond acceptors (Lipinski definition) is 5. The number of ether oxygens (including phenoxy) is 1. The molecule has 1 fully saturated rings. The van der Waals surface area contributed by atoms with Gasteiger partial charge in [0.15, 0.2) is 5.78 Å². The SMILES string of the molecule is COc1ccc(C(=O)Nc2ccccc2C(C)=O)cc1S(=O)(=O)N1CCCC[C@H]1C. The Labute approximate surface area is 177 Å². The Bertz CT molecular complexity index is 1060. The Morgan fingerprint density at radius 1 is 1.13 bits per heavy atom. The number of amides is 1. The summed E-state index contributed by atoms with van der Waals surface area (Å²) in [4.78, 5) is 24.6. The number of methoxy groups -OCH3 is 1. The normalized spacial score (nSPS) is 17.4. The van der Waals surface area contributed by atoms with Gasteiger partial charge < -0.3 is 10.1 Å². The molecular formula is C22H26N2O5S. The summed E-state index contributed by atoms with van der Waals surface area (Å²) in [7, 11) is -2.43. The Balaban J connectivity index is 1.97. The zero-order valence-corrected chi connectivity index (χ0v) is 18.2. The molecule has 160 valence electrons. The average Bonchev–Trinajstić information content (AvgIpc) is 2.73. The first-order valence-corrected chi connectivity index (χ1v) is 11.3. The van der Waals surface area contributed by atoms with Crippen LogP contribution in [0.5, 0.6) is 5.75 Å². The highest BCUT2D eigenvalue weighted by Crippen LogP contribution is 2.32. The summed E-state index contributed by atoms with van der Waals surface area (Å²) < 4.78 is 33.4. The van der Waals surface area contributed by atoms with Crippen molar-refractivity contribution >= 4 is 27.4 Å². The first kappa shape index (κ1) is 22.0. The fourth-order valence-corrected chi connectivity index (χ4v) is 5.55. The third-order valence-electron chi connectivity index (χ3n) is 5.31. The molecule has 0 bridgehead atoms. The fourth-order valence-electron chi connectivity index (χ4n) is 3.67. The minimum absolute atomic E-state index is 0.0359. The second-order valence-corrected chi connectivity index (χ2v) is 9.24. The molecule has 1 amide bonds. The summed E-state index contributed by atoms with van der Waals surface area (Å²) in [6, 6.07) is 10.9.